The zero-order valence-corrected chi connectivity index (χ0v) is 17.6. The summed E-state index contributed by atoms with van der Waals surface area (Å²) >= 11 is 1.76. The lowest BCUT2D eigenvalue weighted by Crippen LogP contribution is -2.46. The molecule has 2 atom stereocenters. The fraction of sp³-hybridized carbons (Fsp3) is 0.400. The first-order chi connectivity index (χ1) is 14.3. The smallest absolute Gasteiger partial charge is 0.230 e. The molecular formula is C25H28N2OS. The van der Waals surface area contributed by atoms with Crippen LogP contribution in [0.1, 0.15) is 48.8 Å². The van der Waals surface area contributed by atoms with Gasteiger partial charge in [-0.1, -0.05) is 42.5 Å². The van der Waals surface area contributed by atoms with Crippen molar-refractivity contribution in [3.05, 3.63) is 71.1 Å². The largest absolute Gasteiger partial charge is 0.334 e. The maximum Gasteiger partial charge on any atom is 0.230 e. The number of carbonyl (C=O) groups excluding carboxylic acids is 1. The predicted molar refractivity (Wildman–Crippen MR) is 120 cm³/mol. The van der Waals surface area contributed by atoms with Gasteiger partial charge < -0.3 is 9.80 Å². The van der Waals surface area contributed by atoms with Crippen molar-refractivity contribution < 1.29 is 4.79 Å². The van der Waals surface area contributed by atoms with Crippen molar-refractivity contribution in [3.8, 4) is 0 Å². The number of carbonyl (C=O) groups is 1. The second-order valence-corrected chi connectivity index (χ2v) is 9.29. The number of benzene rings is 2. The van der Waals surface area contributed by atoms with Crippen LogP contribution in [-0.4, -0.2) is 41.9 Å². The summed E-state index contributed by atoms with van der Waals surface area (Å²) in [5, 5.41) is 3.40. The normalized spacial score (nSPS) is 21.7. The number of thiophene rings is 1. The SMILES string of the molecule is O=C1C(c2cccc3sccc23)CCCN1C(CN1CCCC1)c1ccccc1. The van der Waals surface area contributed by atoms with E-state index < -0.39 is 0 Å². The summed E-state index contributed by atoms with van der Waals surface area (Å²) in [6.45, 7) is 4.12. The Morgan fingerprint density at radius 3 is 2.59 bits per heavy atom. The van der Waals surface area contributed by atoms with Crippen LogP contribution in [0.2, 0.25) is 0 Å². The molecule has 3 aromatic rings. The van der Waals surface area contributed by atoms with Crippen molar-refractivity contribution in [1.82, 2.24) is 9.80 Å². The molecule has 2 aliphatic heterocycles. The average molecular weight is 405 g/mol. The molecule has 1 amide bonds. The third-order valence-corrected chi connectivity index (χ3v) is 7.45. The van der Waals surface area contributed by atoms with E-state index in [2.05, 4.69) is 69.8 Å². The fourth-order valence-electron chi connectivity index (χ4n) is 5.09. The number of amides is 1. The minimum atomic E-state index is -0.0214. The summed E-state index contributed by atoms with van der Waals surface area (Å²) in [4.78, 5) is 18.5. The fourth-order valence-corrected chi connectivity index (χ4v) is 5.91. The number of hydrogen-bond acceptors (Lipinski definition) is 3. The number of rotatable bonds is 5. The first kappa shape index (κ1) is 18.8. The summed E-state index contributed by atoms with van der Waals surface area (Å²) in [5.74, 6) is 0.287. The molecule has 3 heterocycles. The Labute approximate surface area is 176 Å². The van der Waals surface area contributed by atoms with Crippen LogP contribution < -0.4 is 0 Å². The Morgan fingerprint density at radius 1 is 0.931 bits per heavy atom. The molecule has 5 rings (SSSR count). The van der Waals surface area contributed by atoms with Crippen LogP contribution in [0.3, 0.4) is 0 Å². The van der Waals surface area contributed by atoms with Crippen molar-refractivity contribution in [3.63, 3.8) is 0 Å². The number of fused-ring (bicyclic) bond motifs is 1. The van der Waals surface area contributed by atoms with Gasteiger partial charge in [0.25, 0.3) is 0 Å². The van der Waals surface area contributed by atoms with E-state index in [0.29, 0.717) is 5.91 Å². The van der Waals surface area contributed by atoms with E-state index in [4.69, 9.17) is 0 Å². The topological polar surface area (TPSA) is 23.6 Å². The van der Waals surface area contributed by atoms with Crippen LogP contribution in [0.5, 0.6) is 0 Å². The van der Waals surface area contributed by atoms with Crippen molar-refractivity contribution in [2.75, 3.05) is 26.2 Å². The second-order valence-electron chi connectivity index (χ2n) is 8.34. The van der Waals surface area contributed by atoms with E-state index >= 15 is 0 Å². The van der Waals surface area contributed by atoms with Gasteiger partial charge in [0.2, 0.25) is 5.91 Å². The molecule has 0 bridgehead atoms. The monoisotopic (exact) mass is 404 g/mol. The van der Waals surface area contributed by atoms with Gasteiger partial charge in [0.05, 0.1) is 12.0 Å². The lowest BCUT2D eigenvalue weighted by atomic mass is 9.86. The van der Waals surface area contributed by atoms with E-state index in [1.807, 2.05) is 0 Å². The highest BCUT2D eigenvalue weighted by Crippen LogP contribution is 2.38. The van der Waals surface area contributed by atoms with Crippen molar-refractivity contribution >= 4 is 27.3 Å². The molecular weight excluding hydrogens is 376 g/mol. The van der Waals surface area contributed by atoms with Gasteiger partial charge in [0.15, 0.2) is 0 Å². The molecule has 29 heavy (non-hydrogen) atoms. The average Bonchev–Trinajstić information content (AvgIpc) is 3.45. The molecule has 0 spiro atoms. The molecule has 1 aromatic heterocycles. The van der Waals surface area contributed by atoms with Gasteiger partial charge >= 0.3 is 0 Å². The van der Waals surface area contributed by atoms with E-state index in [1.165, 1.54) is 34.1 Å². The van der Waals surface area contributed by atoms with Gasteiger partial charge in [-0.05, 0) is 72.8 Å². The molecule has 2 fully saturated rings. The molecule has 2 aromatic carbocycles. The minimum absolute atomic E-state index is 0.0214. The Bertz CT molecular complexity index is 977. The first-order valence-electron chi connectivity index (χ1n) is 10.8. The van der Waals surface area contributed by atoms with Crippen LogP contribution in [0.4, 0.5) is 0 Å². The predicted octanol–water partition coefficient (Wildman–Crippen LogP) is 5.44. The lowest BCUT2D eigenvalue weighted by molar-refractivity contribution is -0.138. The van der Waals surface area contributed by atoms with Gasteiger partial charge in [-0.3, -0.25) is 4.79 Å². The molecule has 2 saturated heterocycles. The van der Waals surface area contributed by atoms with E-state index in [0.717, 1.165) is 39.0 Å². The molecule has 0 radical (unpaired) electrons. The van der Waals surface area contributed by atoms with E-state index in [1.54, 1.807) is 11.3 Å². The summed E-state index contributed by atoms with van der Waals surface area (Å²) in [7, 11) is 0. The van der Waals surface area contributed by atoms with Crippen molar-refractivity contribution in [2.45, 2.75) is 37.6 Å². The Morgan fingerprint density at radius 2 is 1.76 bits per heavy atom. The van der Waals surface area contributed by atoms with Crippen LogP contribution in [0.25, 0.3) is 10.1 Å². The Hall–Kier alpha value is -2.17. The summed E-state index contributed by atoms with van der Waals surface area (Å²) < 4.78 is 1.28. The summed E-state index contributed by atoms with van der Waals surface area (Å²) in [5.41, 5.74) is 2.48. The zero-order chi connectivity index (χ0) is 19.6. The summed E-state index contributed by atoms with van der Waals surface area (Å²) in [6, 6.07) is 19.4. The van der Waals surface area contributed by atoms with Crippen molar-refractivity contribution in [1.29, 1.82) is 0 Å². The third-order valence-electron chi connectivity index (χ3n) is 6.57. The van der Waals surface area contributed by atoms with Gasteiger partial charge in [0.1, 0.15) is 0 Å². The number of likely N-dealkylation sites (tertiary alicyclic amines) is 2. The van der Waals surface area contributed by atoms with Crippen LogP contribution in [-0.2, 0) is 4.79 Å². The van der Waals surface area contributed by atoms with Crippen molar-refractivity contribution in [2.24, 2.45) is 0 Å². The van der Waals surface area contributed by atoms with E-state index in [-0.39, 0.29) is 12.0 Å². The second kappa shape index (κ2) is 8.29. The molecule has 2 aliphatic rings. The first-order valence-corrected chi connectivity index (χ1v) is 11.7. The molecule has 3 nitrogen and oxygen atoms in total. The third kappa shape index (κ3) is 3.72. The van der Waals surface area contributed by atoms with Crippen LogP contribution >= 0.6 is 11.3 Å². The van der Waals surface area contributed by atoms with E-state index in [9.17, 15) is 4.79 Å². The maximum absolute atomic E-state index is 13.8. The van der Waals surface area contributed by atoms with Gasteiger partial charge in [0, 0.05) is 17.8 Å². The van der Waals surface area contributed by atoms with Gasteiger partial charge in [-0.15, -0.1) is 11.3 Å². The Balaban J connectivity index is 1.47. The molecule has 150 valence electrons. The molecule has 0 N–H and O–H groups in total. The Kier molecular flexibility index (Phi) is 5.38. The standard InChI is InChI=1S/C25H28N2OS/c28-25-22(20-10-6-12-24-21(20)13-17-29-24)11-7-16-27(25)23(18-26-14-4-5-15-26)19-8-2-1-3-9-19/h1-3,6,8-10,12-13,17,22-23H,4-5,7,11,14-16,18H2. The molecule has 4 heteroatoms. The van der Waals surface area contributed by atoms with Crippen LogP contribution in [0, 0.1) is 0 Å². The highest BCUT2D eigenvalue weighted by Gasteiger charge is 2.36. The number of hydrogen-bond donors (Lipinski definition) is 0. The molecule has 0 saturated carbocycles. The molecule has 2 unspecified atom stereocenters. The lowest BCUT2D eigenvalue weighted by Gasteiger charge is -2.40. The van der Waals surface area contributed by atoms with Gasteiger partial charge in [-0.25, -0.2) is 0 Å². The van der Waals surface area contributed by atoms with Gasteiger partial charge in [-0.2, -0.15) is 0 Å². The number of piperidine rings is 1. The summed E-state index contributed by atoms with van der Waals surface area (Å²) in [6.07, 6.45) is 4.58. The highest BCUT2D eigenvalue weighted by molar-refractivity contribution is 7.17. The van der Waals surface area contributed by atoms with Crippen LogP contribution in [0.15, 0.2) is 60.0 Å². The minimum Gasteiger partial charge on any atom is -0.334 e. The highest BCUT2D eigenvalue weighted by atomic mass is 32.1. The maximum atomic E-state index is 13.8. The quantitative estimate of drug-likeness (QED) is 0.565. The number of nitrogens with zero attached hydrogens (tertiary/aromatic N) is 2. The zero-order valence-electron chi connectivity index (χ0n) is 16.8. The molecule has 0 aliphatic carbocycles.